The van der Waals surface area contributed by atoms with Crippen LogP contribution in [0.5, 0.6) is 0 Å². The molecule has 2 aliphatic rings. The van der Waals surface area contributed by atoms with Crippen LogP contribution in [0.2, 0.25) is 0 Å². The molecule has 3 atom stereocenters. The van der Waals surface area contributed by atoms with Gasteiger partial charge >= 0.3 is 0 Å². The third-order valence-electron chi connectivity index (χ3n) is 6.42. The van der Waals surface area contributed by atoms with Crippen molar-refractivity contribution in [2.75, 3.05) is 11.5 Å². The van der Waals surface area contributed by atoms with Crippen LogP contribution < -0.4 is 5.73 Å². The zero-order valence-corrected chi connectivity index (χ0v) is 18.8. The number of piperidine rings is 1. The predicted molar refractivity (Wildman–Crippen MR) is 112 cm³/mol. The average molecular weight is 461 g/mol. The SMILES string of the molecule is CC(C)CS(=O)(=O)CCC(=O)N1C2CCC1CC(C(N)Cc1cc(F)c(F)cc1F)C2. The largest absolute Gasteiger partial charge is 0.337 e. The van der Waals surface area contributed by atoms with E-state index in [1.54, 1.807) is 0 Å². The third kappa shape index (κ3) is 5.80. The van der Waals surface area contributed by atoms with Crippen LogP contribution >= 0.6 is 0 Å². The summed E-state index contributed by atoms with van der Waals surface area (Å²) >= 11 is 0. The monoisotopic (exact) mass is 460 g/mol. The van der Waals surface area contributed by atoms with Gasteiger partial charge in [0.15, 0.2) is 21.5 Å². The molecule has 0 aromatic heterocycles. The number of sulfone groups is 1. The van der Waals surface area contributed by atoms with Gasteiger partial charge in [0.25, 0.3) is 0 Å². The predicted octanol–water partition coefficient (Wildman–Crippen LogP) is 3.20. The molecule has 0 radical (unpaired) electrons. The summed E-state index contributed by atoms with van der Waals surface area (Å²) in [6.07, 6.45) is 3.03. The Kier molecular flexibility index (Phi) is 7.35. The minimum Gasteiger partial charge on any atom is -0.337 e. The lowest BCUT2D eigenvalue weighted by molar-refractivity contribution is -0.136. The molecule has 2 fully saturated rings. The molecule has 2 bridgehead atoms. The molecule has 1 aromatic rings. The van der Waals surface area contributed by atoms with Crippen molar-refractivity contribution >= 4 is 15.7 Å². The van der Waals surface area contributed by atoms with Crippen LogP contribution in [0.15, 0.2) is 12.1 Å². The molecule has 1 amide bonds. The summed E-state index contributed by atoms with van der Waals surface area (Å²) in [6.45, 7) is 3.67. The molecule has 0 spiro atoms. The first kappa shape index (κ1) is 24.0. The first-order chi connectivity index (χ1) is 14.5. The molecule has 2 heterocycles. The van der Waals surface area contributed by atoms with Gasteiger partial charge in [0, 0.05) is 30.6 Å². The molecular formula is C22H31F3N2O3S. The van der Waals surface area contributed by atoms with E-state index in [4.69, 9.17) is 5.73 Å². The zero-order chi connectivity index (χ0) is 22.9. The highest BCUT2D eigenvalue weighted by Crippen LogP contribution is 2.40. The van der Waals surface area contributed by atoms with E-state index in [2.05, 4.69) is 0 Å². The van der Waals surface area contributed by atoms with Crippen LogP contribution in [0.25, 0.3) is 0 Å². The van der Waals surface area contributed by atoms with E-state index < -0.39 is 33.3 Å². The van der Waals surface area contributed by atoms with Crippen molar-refractivity contribution in [1.29, 1.82) is 0 Å². The fourth-order valence-corrected chi connectivity index (χ4v) is 6.75. The number of nitrogens with two attached hydrogens (primary N) is 1. The lowest BCUT2D eigenvalue weighted by Crippen LogP contribution is -2.50. The van der Waals surface area contributed by atoms with Crippen molar-refractivity contribution in [3.63, 3.8) is 0 Å². The second-order valence-electron chi connectivity index (χ2n) is 9.40. The number of halogens is 3. The van der Waals surface area contributed by atoms with E-state index in [1.807, 2.05) is 18.7 Å². The highest BCUT2D eigenvalue weighted by Gasteiger charge is 2.44. The molecule has 9 heteroatoms. The van der Waals surface area contributed by atoms with Crippen molar-refractivity contribution in [3.8, 4) is 0 Å². The van der Waals surface area contributed by atoms with Crippen LogP contribution in [-0.2, 0) is 21.1 Å². The van der Waals surface area contributed by atoms with E-state index in [0.29, 0.717) is 18.9 Å². The molecule has 3 rings (SSSR count). The smallest absolute Gasteiger partial charge is 0.224 e. The zero-order valence-electron chi connectivity index (χ0n) is 18.0. The fourth-order valence-electron chi connectivity index (χ4n) is 5.08. The second-order valence-corrected chi connectivity index (χ2v) is 11.6. The lowest BCUT2D eigenvalue weighted by Gasteiger charge is -2.41. The highest BCUT2D eigenvalue weighted by atomic mass is 32.2. The van der Waals surface area contributed by atoms with Gasteiger partial charge in [-0.2, -0.15) is 0 Å². The van der Waals surface area contributed by atoms with E-state index in [1.165, 1.54) is 0 Å². The van der Waals surface area contributed by atoms with Gasteiger partial charge in [0.05, 0.1) is 11.5 Å². The highest BCUT2D eigenvalue weighted by molar-refractivity contribution is 7.91. The van der Waals surface area contributed by atoms with E-state index >= 15 is 0 Å². The minimum absolute atomic E-state index is 0.00935. The second kappa shape index (κ2) is 9.48. The normalized spacial score (nSPS) is 24.6. The fraction of sp³-hybridized carbons (Fsp3) is 0.682. The van der Waals surface area contributed by atoms with Gasteiger partial charge in [-0.05, 0) is 55.6 Å². The number of nitrogens with zero attached hydrogens (tertiary/aromatic N) is 1. The Morgan fingerprint density at radius 3 is 2.26 bits per heavy atom. The van der Waals surface area contributed by atoms with Crippen molar-refractivity contribution in [1.82, 2.24) is 4.90 Å². The molecule has 31 heavy (non-hydrogen) atoms. The summed E-state index contributed by atoms with van der Waals surface area (Å²) in [5, 5.41) is 0. The van der Waals surface area contributed by atoms with E-state index in [0.717, 1.165) is 18.9 Å². The maximum Gasteiger partial charge on any atom is 0.224 e. The number of rotatable bonds is 8. The molecule has 3 unspecified atom stereocenters. The van der Waals surface area contributed by atoms with E-state index in [9.17, 15) is 26.4 Å². The maximum absolute atomic E-state index is 14.0. The van der Waals surface area contributed by atoms with Crippen LogP contribution in [0.3, 0.4) is 0 Å². The van der Waals surface area contributed by atoms with Crippen LogP contribution in [-0.4, -0.2) is 48.9 Å². The Labute approximate surface area is 182 Å². The van der Waals surface area contributed by atoms with Gasteiger partial charge in [0.1, 0.15) is 5.82 Å². The summed E-state index contributed by atoms with van der Waals surface area (Å²) in [4.78, 5) is 14.6. The number of hydrogen-bond donors (Lipinski definition) is 1. The molecule has 2 aliphatic heterocycles. The molecule has 5 nitrogen and oxygen atoms in total. The van der Waals surface area contributed by atoms with Crippen molar-refractivity contribution in [2.45, 2.75) is 70.5 Å². The van der Waals surface area contributed by atoms with Crippen molar-refractivity contribution < 1.29 is 26.4 Å². The van der Waals surface area contributed by atoms with Crippen LogP contribution in [0.4, 0.5) is 13.2 Å². The summed E-state index contributed by atoms with van der Waals surface area (Å²) < 4.78 is 64.9. The van der Waals surface area contributed by atoms with Crippen LogP contribution in [0, 0.1) is 29.3 Å². The van der Waals surface area contributed by atoms with Gasteiger partial charge in [-0.25, -0.2) is 21.6 Å². The molecule has 0 saturated carbocycles. The first-order valence-corrected chi connectivity index (χ1v) is 12.7. The molecule has 174 valence electrons. The Morgan fingerprint density at radius 2 is 1.68 bits per heavy atom. The third-order valence-corrected chi connectivity index (χ3v) is 8.42. The number of carbonyl (C=O) groups is 1. The topological polar surface area (TPSA) is 80.5 Å². The number of fused-ring (bicyclic) bond motifs is 2. The van der Waals surface area contributed by atoms with Gasteiger partial charge in [-0.1, -0.05) is 13.8 Å². The van der Waals surface area contributed by atoms with E-state index in [-0.39, 0.29) is 59.7 Å². The summed E-state index contributed by atoms with van der Waals surface area (Å²) in [5.41, 5.74) is 6.36. The first-order valence-electron chi connectivity index (χ1n) is 10.9. The Bertz CT molecular complexity index is 909. The number of benzene rings is 1. The van der Waals surface area contributed by atoms with Gasteiger partial charge in [-0.15, -0.1) is 0 Å². The van der Waals surface area contributed by atoms with Crippen molar-refractivity contribution in [2.24, 2.45) is 17.6 Å². The minimum atomic E-state index is -3.26. The Hall–Kier alpha value is -1.61. The standard InChI is InChI=1S/C22H31F3N2O3S/c1-13(2)12-31(29,30)6-5-22(28)27-16-3-4-17(27)8-15(7-16)21(26)10-14-9-19(24)20(25)11-18(14)23/h9,11,13,15-17,21H,3-8,10,12,26H2,1-2H3. The Balaban J connectivity index is 1.59. The number of hydrogen-bond acceptors (Lipinski definition) is 4. The Morgan fingerprint density at radius 1 is 1.10 bits per heavy atom. The van der Waals surface area contributed by atoms with Gasteiger partial charge in [-0.3, -0.25) is 4.79 Å². The van der Waals surface area contributed by atoms with Gasteiger partial charge < -0.3 is 10.6 Å². The lowest BCUT2D eigenvalue weighted by atomic mass is 9.82. The summed E-state index contributed by atoms with van der Waals surface area (Å²) in [5.74, 6) is -3.30. The molecule has 2 saturated heterocycles. The van der Waals surface area contributed by atoms with Crippen molar-refractivity contribution in [3.05, 3.63) is 35.1 Å². The number of carbonyl (C=O) groups excluding carboxylic acids is 1. The molecule has 0 aliphatic carbocycles. The quantitative estimate of drug-likeness (QED) is 0.604. The average Bonchev–Trinajstić information content (AvgIpc) is 2.92. The van der Waals surface area contributed by atoms with Gasteiger partial charge in [0.2, 0.25) is 5.91 Å². The molecular weight excluding hydrogens is 429 g/mol. The molecule has 1 aromatic carbocycles. The summed E-state index contributed by atoms with van der Waals surface area (Å²) in [6, 6.07) is 0.936. The number of amides is 1. The maximum atomic E-state index is 14.0. The van der Waals surface area contributed by atoms with Crippen LogP contribution in [0.1, 0.15) is 51.5 Å². The molecule has 2 N–H and O–H groups in total. The summed E-state index contributed by atoms with van der Waals surface area (Å²) in [7, 11) is -3.26.